The molecule has 2 aromatic carbocycles. The minimum absolute atomic E-state index is 0.272. The van der Waals surface area contributed by atoms with E-state index in [2.05, 4.69) is 32.4 Å². The van der Waals surface area contributed by atoms with Gasteiger partial charge in [-0.3, -0.25) is 0 Å². The van der Waals surface area contributed by atoms with Crippen molar-refractivity contribution in [3.05, 3.63) is 100 Å². The number of aryl methyl sites for hydroxylation is 1. The highest BCUT2D eigenvalue weighted by Gasteiger charge is 2.10. The molecule has 0 spiro atoms. The number of nitrogens with zero attached hydrogens (tertiary/aromatic N) is 2. The first-order valence-corrected chi connectivity index (χ1v) is 12.1. The number of rotatable bonds is 7. The average molecular weight is 499 g/mol. The third-order valence-electron chi connectivity index (χ3n) is 5.35. The largest absolute Gasteiger partial charge is 0.489 e. The van der Waals surface area contributed by atoms with Crippen molar-refractivity contribution < 1.29 is 13.5 Å². The molecule has 180 valence electrons. The highest BCUT2D eigenvalue weighted by atomic mass is 32.1. The number of furan rings is 1. The second kappa shape index (κ2) is 10.6. The van der Waals surface area contributed by atoms with Crippen LogP contribution in [-0.2, 0) is 13.2 Å². The van der Waals surface area contributed by atoms with Crippen LogP contribution in [0.1, 0.15) is 27.5 Å². The van der Waals surface area contributed by atoms with Gasteiger partial charge in [-0.25, -0.2) is 14.4 Å². The highest BCUT2D eigenvalue weighted by molar-refractivity contribution is 7.20. The molecule has 0 radical (unpaired) electrons. The number of anilines is 2. The summed E-state index contributed by atoms with van der Waals surface area (Å²) in [4.78, 5) is 9.71. The summed E-state index contributed by atoms with van der Waals surface area (Å²) in [6.45, 7) is 2.93. The maximum Gasteiger partial charge on any atom is 0.177 e. The summed E-state index contributed by atoms with van der Waals surface area (Å²) >= 11 is 1.52. The van der Waals surface area contributed by atoms with Crippen LogP contribution in [0.5, 0.6) is 5.75 Å². The zero-order valence-corrected chi connectivity index (χ0v) is 20.6. The lowest BCUT2D eigenvalue weighted by molar-refractivity contribution is 0.303. The Morgan fingerprint density at radius 1 is 1.06 bits per heavy atom. The first-order valence-electron chi connectivity index (χ1n) is 11.3. The molecule has 0 unspecified atom stereocenters. The van der Waals surface area contributed by atoms with E-state index in [-0.39, 0.29) is 5.82 Å². The van der Waals surface area contributed by atoms with E-state index in [1.807, 2.05) is 56.4 Å². The smallest absolute Gasteiger partial charge is 0.177 e. The summed E-state index contributed by atoms with van der Waals surface area (Å²) in [5.74, 6) is 8.88. The first-order chi connectivity index (χ1) is 17.6. The molecule has 3 heterocycles. The molecule has 0 aliphatic heterocycles. The van der Waals surface area contributed by atoms with E-state index in [9.17, 15) is 4.39 Å². The van der Waals surface area contributed by atoms with Crippen molar-refractivity contribution in [1.82, 2.24) is 15.3 Å². The Bertz CT molecular complexity index is 1580. The van der Waals surface area contributed by atoms with E-state index in [1.54, 1.807) is 6.07 Å². The average Bonchev–Trinajstić information content (AvgIpc) is 3.50. The molecule has 36 heavy (non-hydrogen) atoms. The normalized spacial score (nSPS) is 10.8. The zero-order chi connectivity index (χ0) is 24.9. The Hall–Kier alpha value is -4.19. The predicted molar refractivity (Wildman–Crippen MR) is 140 cm³/mol. The molecule has 0 amide bonds. The van der Waals surface area contributed by atoms with Gasteiger partial charge in [-0.15, -0.1) is 11.3 Å². The van der Waals surface area contributed by atoms with E-state index in [0.29, 0.717) is 24.7 Å². The quantitative estimate of drug-likeness (QED) is 0.261. The van der Waals surface area contributed by atoms with Crippen LogP contribution in [-0.4, -0.2) is 17.0 Å². The van der Waals surface area contributed by atoms with E-state index in [1.165, 1.54) is 29.8 Å². The first kappa shape index (κ1) is 23.5. The summed E-state index contributed by atoms with van der Waals surface area (Å²) < 4.78 is 25.9. The molecule has 2 N–H and O–H groups in total. The second-order valence-corrected chi connectivity index (χ2v) is 9.17. The maximum absolute atomic E-state index is 13.4. The number of benzene rings is 2. The molecule has 0 saturated carbocycles. The molecule has 8 heteroatoms. The molecule has 3 aromatic heterocycles. The van der Waals surface area contributed by atoms with Gasteiger partial charge in [0.1, 0.15) is 30.3 Å². The van der Waals surface area contributed by atoms with Gasteiger partial charge in [0.15, 0.2) is 11.6 Å². The van der Waals surface area contributed by atoms with E-state index in [4.69, 9.17) is 9.15 Å². The number of hydrogen-bond acceptors (Lipinski definition) is 7. The van der Waals surface area contributed by atoms with Gasteiger partial charge in [-0.05, 0) is 85.5 Å². The lowest BCUT2D eigenvalue weighted by Gasteiger charge is -2.12. The van der Waals surface area contributed by atoms with Crippen molar-refractivity contribution in [3.63, 3.8) is 0 Å². The van der Waals surface area contributed by atoms with E-state index in [0.717, 1.165) is 43.4 Å². The fourth-order valence-electron chi connectivity index (χ4n) is 3.66. The Kier molecular flexibility index (Phi) is 6.94. The van der Waals surface area contributed by atoms with Gasteiger partial charge in [-0.1, -0.05) is 12.1 Å². The molecule has 5 rings (SSSR count). The summed E-state index contributed by atoms with van der Waals surface area (Å²) in [5.41, 5.74) is 3.43. The standard InChI is InChI=1S/C28H23FN4O2S/c1-18-12-21(6-11-26(18)34-16-19-4-3-5-20(29)13-19)33-28-27-25(31-17-32-28)14-24(36-27)10-9-22-7-8-23(35-22)15-30-2/h3-8,11-14,17,30H,15-16H2,1-2H3,(H,31,32,33). The van der Waals surface area contributed by atoms with Gasteiger partial charge in [0.25, 0.3) is 0 Å². The highest BCUT2D eigenvalue weighted by Crippen LogP contribution is 2.32. The van der Waals surface area contributed by atoms with Crippen LogP contribution in [0.3, 0.4) is 0 Å². The van der Waals surface area contributed by atoms with Crippen molar-refractivity contribution in [2.45, 2.75) is 20.1 Å². The van der Waals surface area contributed by atoms with Crippen LogP contribution in [0.2, 0.25) is 0 Å². The van der Waals surface area contributed by atoms with E-state index < -0.39 is 0 Å². The fourth-order valence-corrected chi connectivity index (χ4v) is 4.57. The van der Waals surface area contributed by atoms with Gasteiger partial charge < -0.3 is 19.8 Å². The van der Waals surface area contributed by atoms with Gasteiger partial charge in [0, 0.05) is 5.69 Å². The summed E-state index contributed by atoms with van der Waals surface area (Å²) in [6.07, 6.45) is 1.54. The van der Waals surface area contributed by atoms with Crippen LogP contribution in [0.15, 0.2) is 71.4 Å². The second-order valence-electron chi connectivity index (χ2n) is 8.12. The maximum atomic E-state index is 13.4. The van der Waals surface area contributed by atoms with Gasteiger partial charge in [0.2, 0.25) is 0 Å². The Balaban J connectivity index is 1.31. The Morgan fingerprint density at radius 2 is 1.97 bits per heavy atom. The minimum atomic E-state index is -0.272. The number of thiophene rings is 1. The summed E-state index contributed by atoms with van der Waals surface area (Å²) in [7, 11) is 1.87. The molecule has 0 aliphatic carbocycles. The molecule has 5 aromatic rings. The van der Waals surface area contributed by atoms with Gasteiger partial charge in [0.05, 0.1) is 21.6 Å². The third kappa shape index (κ3) is 5.54. The van der Waals surface area contributed by atoms with Crippen LogP contribution in [0, 0.1) is 24.6 Å². The Morgan fingerprint density at radius 3 is 2.81 bits per heavy atom. The molecule has 0 saturated heterocycles. The van der Waals surface area contributed by atoms with Crippen molar-refractivity contribution in [2.75, 3.05) is 12.4 Å². The van der Waals surface area contributed by atoms with Crippen LogP contribution < -0.4 is 15.4 Å². The number of ether oxygens (including phenoxy) is 1. The van der Waals surface area contributed by atoms with E-state index >= 15 is 0 Å². The molecule has 0 fully saturated rings. The lowest BCUT2D eigenvalue weighted by atomic mass is 10.2. The third-order valence-corrected chi connectivity index (χ3v) is 6.40. The number of fused-ring (bicyclic) bond motifs is 1. The SMILES string of the molecule is CNCc1ccc(C#Cc2cc3ncnc(Nc4ccc(OCc5cccc(F)c5)c(C)c4)c3s2)o1. The molecular weight excluding hydrogens is 475 g/mol. The van der Waals surface area contributed by atoms with Crippen LogP contribution >= 0.6 is 11.3 Å². The van der Waals surface area contributed by atoms with Gasteiger partial charge >= 0.3 is 0 Å². The summed E-state index contributed by atoms with van der Waals surface area (Å²) in [6, 6.07) is 18.0. The molecule has 0 bridgehead atoms. The van der Waals surface area contributed by atoms with Crippen molar-refractivity contribution in [2.24, 2.45) is 0 Å². The molecular formula is C28H23FN4O2S. The van der Waals surface area contributed by atoms with Crippen molar-refractivity contribution in [3.8, 4) is 17.6 Å². The summed E-state index contributed by atoms with van der Waals surface area (Å²) in [5, 5.41) is 6.44. The predicted octanol–water partition coefficient (Wildman–Crippen LogP) is 6.17. The topological polar surface area (TPSA) is 72.2 Å². The van der Waals surface area contributed by atoms with Crippen molar-refractivity contribution in [1.29, 1.82) is 0 Å². The number of aromatic nitrogens is 2. The zero-order valence-electron chi connectivity index (χ0n) is 19.8. The number of nitrogens with one attached hydrogen (secondary N) is 2. The minimum Gasteiger partial charge on any atom is -0.489 e. The lowest BCUT2D eigenvalue weighted by Crippen LogP contribution is -2.03. The fraction of sp³-hybridized carbons (Fsp3) is 0.143. The van der Waals surface area contributed by atoms with Crippen LogP contribution in [0.25, 0.3) is 10.2 Å². The molecule has 6 nitrogen and oxygen atoms in total. The number of halogens is 1. The van der Waals surface area contributed by atoms with Crippen LogP contribution in [0.4, 0.5) is 15.9 Å². The Labute approximate surface area is 212 Å². The van der Waals surface area contributed by atoms with Crippen molar-refractivity contribution >= 4 is 33.1 Å². The monoisotopic (exact) mass is 498 g/mol. The molecule has 0 atom stereocenters. The molecule has 0 aliphatic rings. The van der Waals surface area contributed by atoms with Gasteiger partial charge in [-0.2, -0.15) is 0 Å². The number of hydrogen-bond donors (Lipinski definition) is 2.